The zero-order chi connectivity index (χ0) is 15.3. The number of rotatable bonds is 2. The molecule has 114 valence electrons. The quantitative estimate of drug-likeness (QED) is 0.832. The van der Waals surface area contributed by atoms with Gasteiger partial charge in [0.1, 0.15) is 6.29 Å². The number of nitrogen functional groups attached to an aromatic ring is 1. The highest BCUT2D eigenvalue weighted by molar-refractivity contribution is 9.10. The van der Waals surface area contributed by atoms with Crippen LogP contribution in [0.3, 0.4) is 0 Å². The molecule has 0 spiro atoms. The lowest BCUT2D eigenvalue weighted by molar-refractivity contribution is -0.113. The van der Waals surface area contributed by atoms with Gasteiger partial charge >= 0.3 is 0 Å². The highest BCUT2D eigenvalue weighted by Crippen LogP contribution is 2.43. The van der Waals surface area contributed by atoms with Gasteiger partial charge in [-0.2, -0.15) is 0 Å². The van der Waals surface area contributed by atoms with E-state index in [0.717, 1.165) is 39.5 Å². The molecular weight excluding hydrogens is 342 g/mol. The van der Waals surface area contributed by atoms with Crippen molar-refractivity contribution in [3.8, 4) is 0 Å². The molecule has 2 N–H and O–H groups in total. The minimum Gasteiger partial charge on any atom is -0.398 e. The monoisotopic (exact) mass is 359 g/mol. The first-order valence-electron chi connectivity index (χ1n) is 7.78. The van der Waals surface area contributed by atoms with Crippen LogP contribution >= 0.6 is 15.9 Å². The highest BCUT2D eigenvalue weighted by atomic mass is 79.9. The van der Waals surface area contributed by atoms with Crippen LogP contribution in [0.5, 0.6) is 0 Å². The Bertz CT molecular complexity index is 755. The van der Waals surface area contributed by atoms with E-state index in [4.69, 9.17) is 10.7 Å². The van der Waals surface area contributed by atoms with Crippen LogP contribution in [0.15, 0.2) is 22.7 Å². The molecule has 1 unspecified atom stereocenters. The molecule has 1 saturated carbocycles. The fourth-order valence-corrected chi connectivity index (χ4v) is 4.42. The Morgan fingerprint density at radius 1 is 1.32 bits per heavy atom. The van der Waals surface area contributed by atoms with Crippen molar-refractivity contribution in [2.75, 3.05) is 5.73 Å². The Morgan fingerprint density at radius 2 is 2.09 bits per heavy atom. The van der Waals surface area contributed by atoms with Gasteiger partial charge in [-0.05, 0) is 34.8 Å². The maximum absolute atomic E-state index is 11.8. The smallest absolute Gasteiger partial charge is 0.141 e. The van der Waals surface area contributed by atoms with E-state index in [1.54, 1.807) is 0 Å². The molecule has 0 amide bonds. The maximum Gasteiger partial charge on any atom is 0.141 e. The molecule has 1 aromatic carbocycles. The summed E-state index contributed by atoms with van der Waals surface area (Å²) < 4.78 is 0.946. The number of fused-ring (bicyclic) bond motifs is 2. The van der Waals surface area contributed by atoms with Gasteiger partial charge in [0.2, 0.25) is 0 Å². The maximum atomic E-state index is 11.8. The minimum atomic E-state index is -0.242. The van der Waals surface area contributed by atoms with E-state index in [-0.39, 0.29) is 6.04 Å². The van der Waals surface area contributed by atoms with Crippen LogP contribution in [0.1, 0.15) is 43.0 Å². The van der Waals surface area contributed by atoms with Gasteiger partial charge in [-0.25, -0.2) is 4.98 Å². The number of halogens is 1. The molecular formula is C17H18BrN3O. The fourth-order valence-electron chi connectivity index (χ4n) is 3.97. The number of carbonyl (C=O) groups is 1. The Balaban J connectivity index is 1.88. The molecule has 5 heteroatoms. The third-order valence-corrected chi connectivity index (χ3v) is 5.67. The Hall–Kier alpha value is -1.46. The molecule has 1 fully saturated rings. The lowest BCUT2D eigenvalue weighted by atomic mass is 10.0. The van der Waals surface area contributed by atoms with E-state index in [1.165, 1.54) is 25.7 Å². The van der Waals surface area contributed by atoms with E-state index in [2.05, 4.69) is 20.8 Å². The molecule has 1 atom stereocenters. The number of para-hydroxylation sites is 1. The van der Waals surface area contributed by atoms with Crippen molar-refractivity contribution in [2.45, 2.75) is 44.3 Å². The molecule has 0 saturated heterocycles. The van der Waals surface area contributed by atoms with E-state index in [9.17, 15) is 4.79 Å². The summed E-state index contributed by atoms with van der Waals surface area (Å²) in [5.41, 5.74) is 9.90. The largest absolute Gasteiger partial charge is 0.398 e. The second kappa shape index (κ2) is 5.32. The van der Waals surface area contributed by atoms with E-state index in [1.807, 2.05) is 18.2 Å². The SMILES string of the molecule is Nc1c2c(nc3c(Br)cccc13)CN(C1CCCC1)C2C=O. The predicted molar refractivity (Wildman–Crippen MR) is 90.5 cm³/mol. The number of pyridine rings is 1. The first-order valence-corrected chi connectivity index (χ1v) is 8.57. The zero-order valence-corrected chi connectivity index (χ0v) is 13.8. The topological polar surface area (TPSA) is 59.2 Å². The van der Waals surface area contributed by atoms with Crippen LogP contribution in [0, 0.1) is 0 Å². The molecule has 1 aliphatic heterocycles. The lowest BCUT2D eigenvalue weighted by Crippen LogP contribution is -2.32. The van der Waals surface area contributed by atoms with Crippen LogP contribution < -0.4 is 5.73 Å². The van der Waals surface area contributed by atoms with Gasteiger partial charge in [-0.15, -0.1) is 0 Å². The minimum absolute atomic E-state index is 0.242. The fraction of sp³-hybridized carbons (Fsp3) is 0.412. The van der Waals surface area contributed by atoms with Crippen molar-refractivity contribution in [1.82, 2.24) is 9.88 Å². The standard InChI is InChI=1S/C17H18BrN3O/c18-12-7-3-6-11-16(19)15-13(20-17(11)12)8-21(14(15)9-22)10-4-1-2-5-10/h3,6-7,9-10,14H,1-2,4-5,8H2,(H2,19,20). The van der Waals surface area contributed by atoms with E-state index >= 15 is 0 Å². The van der Waals surface area contributed by atoms with Crippen LogP contribution in [-0.2, 0) is 11.3 Å². The third-order valence-electron chi connectivity index (χ3n) is 5.03. The van der Waals surface area contributed by atoms with E-state index < -0.39 is 0 Å². The number of nitrogens with two attached hydrogens (primary N) is 1. The molecule has 2 heterocycles. The molecule has 0 bridgehead atoms. The van der Waals surface area contributed by atoms with Crippen LogP contribution in [-0.4, -0.2) is 22.2 Å². The van der Waals surface area contributed by atoms with Crippen molar-refractivity contribution in [2.24, 2.45) is 0 Å². The van der Waals surface area contributed by atoms with Crippen LogP contribution in [0.4, 0.5) is 5.69 Å². The number of aromatic nitrogens is 1. The molecule has 1 aromatic heterocycles. The number of nitrogens with zero attached hydrogens (tertiary/aromatic N) is 2. The Morgan fingerprint density at radius 3 is 2.82 bits per heavy atom. The molecule has 22 heavy (non-hydrogen) atoms. The molecule has 2 aliphatic rings. The molecule has 4 nitrogen and oxygen atoms in total. The van der Waals surface area contributed by atoms with Crippen LogP contribution in [0.2, 0.25) is 0 Å². The highest BCUT2D eigenvalue weighted by Gasteiger charge is 2.38. The zero-order valence-electron chi connectivity index (χ0n) is 12.3. The third kappa shape index (κ3) is 1.99. The summed E-state index contributed by atoms with van der Waals surface area (Å²) in [7, 11) is 0. The van der Waals surface area contributed by atoms with E-state index in [0.29, 0.717) is 11.7 Å². The predicted octanol–water partition coefficient (Wildman–Crippen LogP) is 3.58. The number of anilines is 1. The summed E-state index contributed by atoms with van der Waals surface area (Å²) in [6.45, 7) is 0.727. The first-order chi connectivity index (χ1) is 10.7. The first kappa shape index (κ1) is 14.2. The van der Waals surface area contributed by atoms with Crippen molar-refractivity contribution < 1.29 is 4.79 Å². The number of aldehydes is 1. The lowest BCUT2D eigenvalue weighted by Gasteiger charge is -2.27. The number of carbonyl (C=O) groups excluding carboxylic acids is 1. The summed E-state index contributed by atoms with van der Waals surface area (Å²) in [5, 5.41) is 0.924. The van der Waals surface area contributed by atoms with Crippen molar-refractivity contribution in [3.05, 3.63) is 33.9 Å². The molecule has 0 radical (unpaired) electrons. The van der Waals surface area contributed by atoms with Crippen molar-refractivity contribution in [1.29, 1.82) is 0 Å². The van der Waals surface area contributed by atoms with Crippen LogP contribution in [0.25, 0.3) is 10.9 Å². The van der Waals surface area contributed by atoms with Gasteiger partial charge in [-0.3, -0.25) is 4.90 Å². The summed E-state index contributed by atoms with van der Waals surface area (Å²) >= 11 is 3.55. The molecule has 4 rings (SSSR count). The average molecular weight is 360 g/mol. The van der Waals surface area contributed by atoms with Gasteiger partial charge in [0.05, 0.1) is 17.3 Å². The van der Waals surface area contributed by atoms with Crippen molar-refractivity contribution in [3.63, 3.8) is 0 Å². The number of benzene rings is 1. The second-order valence-electron chi connectivity index (χ2n) is 6.21. The summed E-state index contributed by atoms with van der Waals surface area (Å²) in [6.07, 6.45) is 5.87. The summed E-state index contributed by atoms with van der Waals surface area (Å²) in [4.78, 5) is 18.9. The van der Waals surface area contributed by atoms with Crippen molar-refractivity contribution >= 4 is 38.8 Å². The van der Waals surface area contributed by atoms with Gasteiger partial charge < -0.3 is 10.5 Å². The Kier molecular flexibility index (Phi) is 3.42. The Labute approximate surface area is 137 Å². The van der Waals surface area contributed by atoms with Gasteiger partial charge in [0, 0.05) is 33.7 Å². The summed E-state index contributed by atoms with van der Waals surface area (Å²) in [6, 6.07) is 6.14. The second-order valence-corrected chi connectivity index (χ2v) is 7.07. The summed E-state index contributed by atoms with van der Waals surface area (Å²) in [5.74, 6) is 0. The van der Waals surface area contributed by atoms with Gasteiger partial charge in [0.25, 0.3) is 0 Å². The van der Waals surface area contributed by atoms with Gasteiger partial charge in [0.15, 0.2) is 0 Å². The normalized spacial score (nSPS) is 22.3. The number of hydrogen-bond acceptors (Lipinski definition) is 4. The molecule has 1 aliphatic carbocycles. The van der Waals surface area contributed by atoms with Gasteiger partial charge in [-0.1, -0.05) is 25.0 Å². The number of hydrogen-bond donors (Lipinski definition) is 1. The molecule has 2 aromatic rings. The average Bonchev–Trinajstić information content (AvgIpc) is 3.15.